The monoisotopic (exact) mass is 870 g/mol. The van der Waals surface area contributed by atoms with Crippen LogP contribution in [0.4, 0.5) is 27.8 Å². The topological polar surface area (TPSA) is 258 Å². The number of hydrogen-bond donors (Lipinski definition) is 8. The fraction of sp³-hybridized carbons (Fsp3) is 0.413. The normalized spacial score (nSPS) is 18.0. The van der Waals surface area contributed by atoms with E-state index in [0.717, 1.165) is 36.4 Å². The molecule has 17 nitrogen and oxygen atoms in total. The summed E-state index contributed by atoms with van der Waals surface area (Å²) >= 11 is 0. The number of aromatic hydroxyl groups is 2. The number of carbonyl (C=O) groups excluding carboxylic acids is 4. The van der Waals surface area contributed by atoms with Crippen LogP contribution in [-0.2, 0) is 23.9 Å². The molecule has 2 aromatic carbocycles. The minimum atomic E-state index is -1.59. The number of nitrogens with one attached hydrogen (secondary N) is 4. The number of carboxylic acids is 1. The van der Waals surface area contributed by atoms with E-state index in [0.29, 0.717) is 41.3 Å². The molecule has 2 saturated heterocycles. The standard InChI is InChI=1S/C20H24N4O3.C13H17N3O5.C12H17NO.CH4/c1-12-3-8-17(14-4-6-16(25)7-5-14)24(11-12)20(27)19(26)23-15-9-13(2)18(21)22-10-15;1-7-5-8(15-10(17)11(18)19)6-14-9(7)16-12(20)21-13(2,3)4;1-9-2-7-12(13-8-9)10-3-5-11(14)6-4-10;/h4-7,9-10,12,17,25H,3,8,11H2,1-2H3,(H2,21,22)(H,23,26);5-6H,1-4H3,(H,15,17)(H,18,19)(H,14,16,20);3-6,9,12-14H,2,7-8H2,1H3;1H4/t12-,17+;;;/m0.../s1. The third kappa shape index (κ3) is 15.9. The number of nitrogens with two attached hydrogens (primary N) is 1. The van der Waals surface area contributed by atoms with Crippen molar-refractivity contribution < 1.29 is 44.0 Å². The summed E-state index contributed by atoms with van der Waals surface area (Å²) < 4.78 is 5.09. The summed E-state index contributed by atoms with van der Waals surface area (Å²) in [6.07, 6.45) is 6.25. The molecule has 2 aliphatic heterocycles. The van der Waals surface area contributed by atoms with Crippen LogP contribution in [0.5, 0.6) is 11.5 Å². The van der Waals surface area contributed by atoms with Gasteiger partial charge >= 0.3 is 29.8 Å². The number of phenolic OH excluding ortho intramolecular Hbond substituents is 2. The van der Waals surface area contributed by atoms with Crippen molar-refractivity contribution >= 4 is 52.8 Å². The van der Waals surface area contributed by atoms with Crippen LogP contribution in [0.25, 0.3) is 0 Å². The van der Waals surface area contributed by atoms with Gasteiger partial charge in [0, 0.05) is 12.6 Å². The number of ether oxygens (including phenoxy) is 1. The maximum absolute atomic E-state index is 12.9. The number of likely N-dealkylation sites (tertiary alicyclic amines) is 1. The molecule has 2 fully saturated rings. The summed E-state index contributed by atoms with van der Waals surface area (Å²) in [5.41, 5.74) is 9.18. The molecular formula is C46H62N8O9. The highest BCUT2D eigenvalue weighted by Gasteiger charge is 2.34. The minimum Gasteiger partial charge on any atom is -0.508 e. The van der Waals surface area contributed by atoms with Gasteiger partial charge in [0.2, 0.25) is 0 Å². The van der Waals surface area contributed by atoms with Gasteiger partial charge in [0.1, 0.15) is 28.7 Å². The molecule has 0 spiro atoms. The summed E-state index contributed by atoms with van der Waals surface area (Å²) in [4.78, 5) is 68.0. The molecule has 17 heteroatoms. The van der Waals surface area contributed by atoms with Gasteiger partial charge in [-0.1, -0.05) is 45.5 Å². The molecule has 340 valence electrons. The highest BCUT2D eigenvalue weighted by molar-refractivity contribution is 6.39. The van der Waals surface area contributed by atoms with Crippen molar-refractivity contribution in [1.29, 1.82) is 0 Å². The second kappa shape index (κ2) is 22.9. The Morgan fingerprint density at radius 2 is 1.30 bits per heavy atom. The van der Waals surface area contributed by atoms with E-state index in [2.05, 4.69) is 45.1 Å². The third-order valence-corrected chi connectivity index (χ3v) is 10.0. The lowest BCUT2D eigenvalue weighted by Gasteiger charge is -2.38. The minimum absolute atomic E-state index is 0. The molecule has 6 rings (SSSR count). The number of aliphatic carboxylic acids is 1. The van der Waals surface area contributed by atoms with Crippen molar-refractivity contribution in [1.82, 2.24) is 20.2 Å². The summed E-state index contributed by atoms with van der Waals surface area (Å²) in [5, 5.41) is 37.9. The van der Waals surface area contributed by atoms with Crippen LogP contribution in [0.15, 0.2) is 73.1 Å². The number of amides is 4. The maximum atomic E-state index is 12.9. The average Bonchev–Trinajstić information content (AvgIpc) is 3.21. The maximum Gasteiger partial charge on any atom is 0.413 e. The number of aromatic nitrogens is 2. The molecule has 4 aromatic rings. The Morgan fingerprint density at radius 3 is 1.83 bits per heavy atom. The van der Waals surface area contributed by atoms with Crippen LogP contribution in [0.2, 0.25) is 0 Å². The Labute approximate surface area is 368 Å². The highest BCUT2D eigenvalue weighted by atomic mass is 16.6. The molecule has 0 radical (unpaired) electrons. The second-order valence-electron chi connectivity index (χ2n) is 16.6. The summed E-state index contributed by atoms with van der Waals surface area (Å²) in [6, 6.07) is 17.8. The molecule has 0 saturated carbocycles. The molecule has 2 aliphatic rings. The zero-order valence-corrected chi connectivity index (χ0v) is 36.2. The number of benzene rings is 2. The van der Waals surface area contributed by atoms with Gasteiger partial charge in [0.15, 0.2) is 0 Å². The molecular weight excluding hydrogens is 809 g/mol. The van der Waals surface area contributed by atoms with Crippen molar-refractivity contribution in [3.05, 3.63) is 95.3 Å². The third-order valence-electron chi connectivity index (χ3n) is 10.0. The Morgan fingerprint density at radius 1 is 0.762 bits per heavy atom. The largest absolute Gasteiger partial charge is 0.508 e. The number of carboxylic acid groups (broad SMARTS) is 1. The summed E-state index contributed by atoms with van der Waals surface area (Å²) in [5.74, 6) is -1.75. The van der Waals surface area contributed by atoms with E-state index in [9.17, 15) is 34.2 Å². The average molecular weight is 871 g/mol. The quantitative estimate of drug-likeness (QED) is 0.0907. The first-order chi connectivity index (χ1) is 29.2. The van der Waals surface area contributed by atoms with Crippen LogP contribution in [-0.4, -0.2) is 78.7 Å². The van der Waals surface area contributed by atoms with E-state index in [1.54, 1.807) is 82.0 Å². The molecule has 4 heterocycles. The van der Waals surface area contributed by atoms with Crippen molar-refractivity contribution in [2.45, 2.75) is 99.3 Å². The lowest BCUT2D eigenvalue weighted by molar-refractivity contribution is -0.147. The van der Waals surface area contributed by atoms with E-state index in [-0.39, 0.29) is 30.7 Å². The molecule has 4 atom stereocenters. The first-order valence-electron chi connectivity index (χ1n) is 20.3. The number of hydrogen-bond acceptors (Lipinski definition) is 12. The number of nitrogens with zero attached hydrogens (tertiary/aromatic N) is 3. The number of anilines is 4. The number of pyridine rings is 2. The molecule has 2 unspecified atom stereocenters. The van der Waals surface area contributed by atoms with Crippen LogP contribution in [0, 0.1) is 25.7 Å². The van der Waals surface area contributed by atoms with E-state index in [1.165, 1.54) is 36.9 Å². The molecule has 9 N–H and O–H groups in total. The van der Waals surface area contributed by atoms with Gasteiger partial charge in [0.25, 0.3) is 0 Å². The van der Waals surface area contributed by atoms with Gasteiger partial charge in [-0.3, -0.25) is 19.7 Å². The van der Waals surface area contributed by atoms with Gasteiger partial charge in [-0.25, -0.2) is 19.6 Å². The first-order valence-corrected chi connectivity index (χ1v) is 20.3. The SMILES string of the molecule is C.CC1CCC(c2ccc(O)cc2)NC1.Cc1cc(NC(=O)C(=O)N2C[C@@H](C)CC[C@@H]2c2ccc(O)cc2)cnc1N.Cc1cc(NC(=O)C(=O)O)cnc1NC(=O)OC(C)(C)C. The van der Waals surface area contributed by atoms with E-state index < -0.39 is 35.4 Å². The van der Waals surface area contributed by atoms with Crippen molar-refractivity contribution in [2.75, 3.05) is 34.8 Å². The number of phenols is 2. The number of aryl methyl sites for hydroxylation is 2. The van der Waals surface area contributed by atoms with Crippen molar-refractivity contribution in [3.8, 4) is 11.5 Å². The Balaban J connectivity index is 0.000000262. The Kier molecular flexibility index (Phi) is 18.4. The number of rotatable bonds is 5. The predicted octanol–water partition coefficient (Wildman–Crippen LogP) is 7.47. The molecule has 0 aliphatic carbocycles. The van der Waals surface area contributed by atoms with Gasteiger partial charge < -0.3 is 46.6 Å². The van der Waals surface area contributed by atoms with E-state index in [1.807, 2.05) is 12.1 Å². The molecule has 0 bridgehead atoms. The summed E-state index contributed by atoms with van der Waals surface area (Å²) in [6.45, 7) is 14.6. The van der Waals surface area contributed by atoms with E-state index in [4.69, 9.17) is 15.6 Å². The number of carbonyl (C=O) groups is 5. The van der Waals surface area contributed by atoms with Crippen molar-refractivity contribution in [3.63, 3.8) is 0 Å². The first kappa shape index (κ1) is 50.6. The van der Waals surface area contributed by atoms with Crippen molar-refractivity contribution in [2.24, 2.45) is 11.8 Å². The highest BCUT2D eigenvalue weighted by Crippen LogP contribution is 2.34. The Bertz CT molecular complexity index is 2190. The summed E-state index contributed by atoms with van der Waals surface area (Å²) in [7, 11) is 0. The van der Waals surface area contributed by atoms with Crippen LogP contribution < -0.4 is 27.0 Å². The zero-order valence-electron chi connectivity index (χ0n) is 36.2. The smallest absolute Gasteiger partial charge is 0.413 e. The fourth-order valence-corrected chi connectivity index (χ4v) is 6.74. The van der Waals surface area contributed by atoms with Gasteiger partial charge in [-0.15, -0.1) is 0 Å². The fourth-order valence-electron chi connectivity index (χ4n) is 6.74. The second-order valence-corrected chi connectivity index (χ2v) is 16.6. The van der Waals surface area contributed by atoms with Crippen LogP contribution in [0.3, 0.4) is 0 Å². The lowest BCUT2D eigenvalue weighted by atomic mass is 9.90. The predicted molar refractivity (Wildman–Crippen MR) is 242 cm³/mol. The lowest BCUT2D eigenvalue weighted by Crippen LogP contribution is -2.46. The molecule has 2 aromatic heterocycles. The van der Waals surface area contributed by atoms with Gasteiger partial charge in [-0.2, -0.15) is 0 Å². The Hall–Kier alpha value is -6.75. The molecule has 63 heavy (non-hydrogen) atoms. The van der Waals surface area contributed by atoms with Crippen LogP contribution >= 0.6 is 0 Å². The zero-order chi connectivity index (χ0) is 45.7. The van der Waals surface area contributed by atoms with Gasteiger partial charge in [-0.05, 0) is 137 Å². The van der Waals surface area contributed by atoms with Gasteiger partial charge in [0.05, 0.1) is 29.8 Å². The van der Waals surface area contributed by atoms with Crippen LogP contribution in [0.1, 0.15) is 102 Å². The number of nitrogen functional groups attached to an aromatic ring is 1. The number of piperidine rings is 2. The molecule has 4 amide bonds. The van der Waals surface area contributed by atoms with E-state index >= 15 is 0 Å².